The van der Waals surface area contributed by atoms with Gasteiger partial charge in [-0.05, 0) is 62.6 Å². The van der Waals surface area contributed by atoms with Crippen molar-refractivity contribution in [2.45, 2.75) is 32.2 Å². The third-order valence-corrected chi connectivity index (χ3v) is 8.29. The number of amides is 2. The lowest BCUT2D eigenvalue weighted by Gasteiger charge is -2.41. The number of aromatic nitrogens is 3. The van der Waals surface area contributed by atoms with Gasteiger partial charge in [0.2, 0.25) is 5.91 Å². The molecule has 2 aromatic heterocycles. The topological polar surface area (TPSA) is 122 Å². The zero-order valence-corrected chi connectivity index (χ0v) is 25.2. The van der Waals surface area contributed by atoms with Crippen LogP contribution < -0.4 is 15.2 Å². The molecule has 1 fully saturated rings. The number of carbonyl (C=O) groups is 2. The van der Waals surface area contributed by atoms with Crippen LogP contribution in [0.3, 0.4) is 0 Å². The molecule has 11 heteroatoms. The summed E-state index contributed by atoms with van der Waals surface area (Å²) < 4.78 is 18.8. The number of aryl methyl sites for hydroxylation is 1. The molecule has 0 bridgehead atoms. The molecular weight excluding hydrogens is 570 g/mol. The van der Waals surface area contributed by atoms with Gasteiger partial charge in [0.05, 0.1) is 49.9 Å². The molecule has 1 aliphatic heterocycles. The third-order valence-electron chi connectivity index (χ3n) is 8.07. The van der Waals surface area contributed by atoms with E-state index < -0.39 is 11.4 Å². The van der Waals surface area contributed by atoms with E-state index in [-0.39, 0.29) is 11.5 Å². The molecule has 0 saturated carbocycles. The Balaban J connectivity index is 1.60. The van der Waals surface area contributed by atoms with E-state index in [9.17, 15) is 9.59 Å². The van der Waals surface area contributed by atoms with E-state index in [4.69, 9.17) is 36.6 Å². The van der Waals surface area contributed by atoms with E-state index in [1.165, 1.54) is 6.20 Å². The molecule has 0 radical (unpaired) electrons. The Kier molecular flexibility index (Phi) is 7.35. The predicted octanol–water partition coefficient (Wildman–Crippen LogP) is 4.72. The Morgan fingerprint density at radius 3 is 2.56 bits per heavy atom. The van der Waals surface area contributed by atoms with Gasteiger partial charge in [0, 0.05) is 52.3 Å². The predicted molar refractivity (Wildman–Crippen MR) is 162 cm³/mol. The van der Waals surface area contributed by atoms with Crippen LogP contribution in [0.15, 0.2) is 48.8 Å². The van der Waals surface area contributed by atoms with Crippen LogP contribution in [0.5, 0.6) is 11.5 Å². The first kappa shape index (κ1) is 28.7. The van der Waals surface area contributed by atoms with Gasteiger partial charge in [0.1, 0.15) is 11.5 Å². The first-order valence-electron chi connectivity index (χ1n) is 13.9. The van der Waals surface area contributed by atoms with Gasteiger partial charge in [-0.3, -0.25) is 14.6 Å². The summed E-state index contributed by atoms with van der Waals surface area (Å²) in [5.41, 5.74) is 11.3. The number of primary amides is 1. The fraction of sp³-hybridized carbons (Fsp3) is 0.312. The van der Waals surface area contributed by atoms with Gasteiger partial charge in [-0.25, -0.2) is 4.68 Å². The van der Waals surface area contributed by atoms with E-state index >= 15 is 0 Å². The molecule has 1 saturated heterocycles. The Hall–Kier alpha value is -4.41. The second-order valence-corrected chi connectivity index (χ2v) is 11.7. The summed E-state index contributed by atoms with van der Waals surface area (Å²) in [6.45, 7) is 5.37. The minimum absolute atomic E-state index is 0.146. The lowest BCUT2D eigenvalue weighted by atomic mass is 9.86. The minimum atomic E-state index is -0.573. The van der Waals surface area contributed by atoms with Crippen LogP contribution in [0.4, 0.5) is 0 Å². The standard InChI is InChI=1S/C32H32ClN5O5/c1-32(2)17-43-8-7-37(32)31(40)28-24-6-5-18-10-27(42-4)25(19-9-20(30(34)39)16-35-15-19)14-26(18)29(24)38(36-28)22-11-21(33)12-23(13-22)41-3/h9-16H,5-8,17H2,1-4H3,(H2,34,39). The Labute approximate surface area is 254 Å². The van der Waals surface area contributed by atoms with Crippen LogP contribution in [0.1, 0.15) is 45.8 Å². The molecule has 0 spiro atoms. The molecule has 4 aromatic rings. The number of nitrogens with two attached hydrogens (primary N) is 1. The van der Waals surface area contributed by atoms with Crippen molar-refractivity contribution in [2.75, 3.05) is 34.0 Å². The molecule has 1 aliphatic carbocycles. The summed E-state index contributed by atoms with van der Waals surface area (Å²) >= 11 is 6.50. The molecule has 43 heavy (non-hydrogen) atoms. The highest BCUT2D eigenvalue weighted by Gasteiger charge is 2.39. The second kappa shape index (κ2) is 11.0. The van der Waals surface area contributed by atoms with Crippen LogP contribution in [-0.4, -0.2) is 71.0 Å². The summed E-state index contributed by atoms with van der Waals surface area (Å²) in [5.74, 6) is 0.478. The van der Waals surface area contributed by atoms with Crippen LogP contribution in [0, 0.1) is 0 Å². The van der Waals surface area contributed by atoms with Gasteiger partial charge >= 0.3 is 0 Å². The molecule has 6 rings (SSSR count). The number of nitrogens with zero attached hydrogens (tertiary/aromatic N) is 4. The van der Waals surface area contributed by atoms with Crippen LogP contribution in [-0.2, 0) is 17.6 Å². The normalized spacial score (nSPS) is 15.4. The van der Waals surface area contributed by atoms with Gasteiger partial charge < -0.3 is 24.8 Å². The number of rotatable bonds is 6. The van der Waals surface area contributed by atoms with Crippen molar-refractivity contribution in [3.05, 3.63) is 76.2 Å². The van der Waals surface area contributed by atoms with E-state index in [1.54, 1.807) is 43.3 Å². The average Bonchev–Trinajstić information content (AvgIpc) is 3.40. The SMILES string of the molecule is COc1cc(Cl)cc(-n2nc(C(=O)N3CCOCC3(C)C)c3c2-c2cc(-c4cncc(C(N)=O)c4)c(OC)cc2CC3)c1. The maximum atomic E-state index is 14.2. The summed E-state index contributed by atoms with van der Waals surface area (Å²) in [7, 11) is 3.18. The molecular formula is C32H32ClN5O5. The number of morpholine rings is 1. The smallest absolute Gasteiger partial charge is 0.275 e. The zero-order chi connectivity index (χ0) is 30.5. The first-order chi connectivity index (χ1) is 20.6. The monoisotopic (exact) mass is 601 g/mol. The summed E-state index contributed by atoms with van der Waals surface area (Å²) in [5, 5.41) is 5.44. The quantitative estimate of drug-likeness (QED) is 0.339. The fourth-order valence-electron chi connectivity index (χ4n) is 5.90. The van der Waals surface area contributed by atoms with Crippen molar-refractivity contribution in [2.24, 2.45) is 5.73 Å². The molecule has 3 heterocycles. The number of hydrogen-bond donors (Lipinski definition) is 1. The number of hydrogen-bond acceptors (Lipinski definition) is 7. The lowest BCUT2D eigenvalue weighted by Crippen LogP contribution is -2.55. The van der Waals surface area contributed by atoms with E-state index in [1.807, 2.05) is 36.9 Å². The van der Waals surface area contributed by atoms with E-state index in [0.717, 1.165) is 27.9 Å². The minimum Gasteiger partial charge on any atom is -0.497 e. The fourth-order valence-corrected chi connectivity index (χ4v) is 6.12. The molecule has 2 aliphatic rings. The number of benzene rings is 2. The largest absolute Gasteiger partial charge is 0.497 e. The van der Waals surface area contributed by atoms with Gasteiger partial charge in [0.15, 0.2) is 5.69 Å². The lowest BCUT2D eigenvalue weighted by molar-refractivity contribution is -0.0373. The molecule has 2 N–H and O–H groups in total. The van der Waals surface area contributed by atoms with Crippen LogP contribution in [0.2, 0.25) is 5.02 Å². The molecule has 2 amide bonds. The summed E-state index contributed by atoms with van der Waals surface area (Å²) in [6.07, 6.45) is 4.37. The van der Waals surface area contributed by atoms with Gasteiger partial charge in [0.25, 0.3) is 5.91 Å². The van der Waals surface area contributed by atoms with Crippen LogP contribution >= 0.6 is 11.6 Å². The number of pyridine rings is 1. The maximum Gasteiger partial charge on any atom is 0.275 e. The Morgan fingerprint density at radius 2 is 1.84 bits per heavy atom. The van der Waals surface area contributed by atoms with Crippen molar-refractivity contribution in [3.8, 4) is 39.6 Å². The molecule has 10 nitrogen and oxygen atoms in total. The zero-order valence-electron chi connectivity index (χ0n) is 24.4. The Bertz CT molecular complexity index is 1770. The average molecular weight is 602 g/mol. The molecule has 0 unspecified atom stereocenters. The number of ether oxygens (including phenoxy) is 3. The summed E-state index contributed by atoms with van der Waals surface area (Å²) in [4.78, 5) is 32.2. The van der Waals surface area contributed by atoms with Gasteiger partial charge in [-0.15, -0.1) is 0 Å². The molecule has 0 atom stereocenters. The first-order valence-corrected chi connectivity index (χ1v) is 14.3. The van der Waals surface area contributed by atoms with E-state index in [2.05, 4.69) is 4.98 Å². The highest BCUT2D eigenvalue weighted by Crippen LogP contribution is 2.44. The molecule has 2 aromatic carbocycles. The Morgan fingerprint density at radius 1 is 1.02 bits per heavy atom. The van der Waals surface area contributed by atoms with Crippen molar-refractivity contribution in [3.63, 3.8) is 0 Å². The van der Waals surface area contributed by atoms with Crippen molar-refractivity contribution in [1.82, 2.24) is 19.7 Å². The highest BCUT2D eigenvalue weighted by atomic mass is 35.5. The number of fused-ring (bicyclic) bond motifs is 3. The molecule has 222 valence electrons. The van der Waals surface area contributed by atoms with Gasteiger partial charge in [-0.1, -0.05) is 11.6 Å². The van der Waals surface area contributed by atoms with E-state index in [0.29, 0.717) is 66.1 Å². The maximum absolute atomic E-state index is 14.2. The van der Waals surface area contributed by atoms with Crippen molar-refractivity contribution < 1.29 is 23.8 Å². The highest BCUT2D eigenvalue weighted by molar-refractivity contribution is 6.30. The number of halogens is 1. The number of methoxy groups -OCH3 is 2. The van der Waals surface area contributed by atoms with Gasteiger partial charge in [-0.2, -0.15) is 5.10 Å². The van der Waals surface area contributed by atoms with Crippen LogP contribution in [0.25, 0.3) is 28.1 Å². The van der Waals surface area contributed by atoms with Crippen molar-refractivity contribution in [1.29, 1.82) is 0 Å². The van der Waals surface area contributed by atoms with Crippen molar-refractivity contribution >= 4 is 23.4 Å². The number of carbonyl (C=O) groups excluding carboxylic acids is 2. The third kappa shape index (κ3) is 5.10. The second-order valence-electron chi connectivity index (χ2n) is 11.3. The summed E-state index contributed by atoms with van der Waals surface area (Å²) in [6, 6.07) is 11.0.